The van der Waals surface area contributed by atoms with Crippen molar-refractivity contribution in [3.05, 3.63) is 35.4 Å². The van der Waals surface area contributed by atoms with Gasteiger partial charge in [-0.1, -0.05) is 38.1 Å². The van der Waals surface area contributed by atoms with Crippen LogP contribution in [-0.4, -0.2) is 54.9 Å². The molecule has 0 radical (unpaired) electrons. The molecule has 5 atom stereocenters. The molecule has 1 aromatic carbocycles. The molecule has 142 valence electrons. The van der Waals surface area contributed by atoms with Crippen molar-refractivity contribution in [2.24, 2.45) is 5.92 Å². The maximum absolute atomic E-state index is 13.3. The Kier molecular flexibility index (Phi) is 5.04. The van der Waals surface area contributed by atoms with Gasteiger partial charge in [0.05, 0.1) is 24.9 Å². The van der Waals surface area contributed by atoms with Gasteiger partial charge in [-0.2, -0.15) is 0 Å². The van der Waals surface area contributed by atoms with Crippen molar-refractivity contribution in [3.8, 4) is 0 Å². The normalized spacial score (nSPS) is 34.3. The molecule has 0 saturated carbocycles. The number of rotatable bonds is 2. The highest BCUT2D eigenvalue weighted by Gasteiger charge is 2.42. The number of nitrogens with one attached hydrogen (secondary N) is 1. The first kappa shape index (κ1) is 18.0. The molecule has 26 heavy (non-hydrogen) atoms. The van der Waals surface area contributed by atoms with Crippen molar-refractivity contribution in [3.63, 3.8) is 0 Å². The van der Waals surface area contributed by atoms with Crippen LogP contribution in [0.25, 0.3) is 0 Å². The lowest BCUT2D eigenvalue weighted by Crippen LogP contribution is -2.60. The molecule has 0 bridgehead atoms. The van der Waals surface area contributed by atoms with Crippen molar-refractivity contribution >= 4 is 5.91 Å². The molecule has 2 fully saturated rings. The van der Waals surface area contributed by atoms with E-state index in [1.54, 1.807) is 0 Å². The fraction of sp³-hybridized carbons (Fsp3) is 0.667. The molecular formula is C21H30N2O3. The van der Waals surface area contributed by atoms with E-state index in [1.165, 1.54) is 11.1 Å². The number of fused-ring (bicyclic) bond motifs is 2. The molecule has 1 amide bonds. The first-order valence-corrected chi connectivity index (χ1v) is 9.93. The van der Waals surface area contributed by atoms with E-state index in [1.807, 2.05) is 0 Å². The third-order valence-electron chi connectivity index (χ3n) is 5.97. The van der Waals surface area contributed by atoms with E-state index in [2.05, 4.69) is 55.3 Å². The van der Waals surface area contributed by atoms with Crippen LogP contribution in [0.1, 0.15) is 44.4 Å². The second-order valence-corrected chi connectivity index (χ2v) is 8.23. The molecule has 0 aromatic heterocycles. The Balaban J connectivity index is 1.51. The van der Waals surface area contributed by atoms with E-state index in [0.717, 1.165) is 19.5 Å². The van der Waals surface area contributed by atoms with Crippen LogP contribution in [0.5, 0.6) is 0 Å². The minimum Gasteiger partial charge on any atom is -0.370 e. The Morgan fingerprint density at radius 2 is 2.12 bits per heavy atom. The van der Waals surface area contributed by atoms with Crippen LogP contribution in [0.15, 0.2) is 24.3 Å². The average molecular weight is 358 g/mol. The summed E-state index contributed by atoms with van der Waals surface area (Å²) >= 11 is 0. The zero-order chi connectivity index (χ0) is 18.3. The quantitative estimate of drug-likeness (QED) is 0.881. The van der Waals surface area contributed by atoms with E-state index in [0.29, 0.717) is 18.9 Å². The van der Waals surface area contributed by atoms with Crippen LogP contribution in [0.2, 0.25) is 0 Å². The monoisotopic (exact) mass is 358 g/mol. The lowest BCUT2D eigenvalue weighted by molar-refractivity contribution is -0.170. The second kappa shape index (κ2) is 7.29. The Hall–Kier alpha value is -1.43. The van der Waals surface area contributed by atoms with Gasteiger partial charge in [0.15, 0.2) is 0 Å². The van der Waals surface area contributed by atoms with Crippen molar-refractivity contribution in [1.29, 1.82) is 0 Å². The summed E-state index contributed by atoms with van der Waals surface area (Å²) in [5.41, 5.74) is 2.67. The van der Waals surface area contributed by atoms with E-state index in [-0.39, 0.29) is 36.3 Å². The number of nitrogens with zero attached hydrogens (tertiary/aromatic N) is 1. The predicted octanol–water partition coefficient (Wildman–Crippen LogP) is 2.30. The maximum atomic E-state index is 13.3. The zero-order valence-corrected chi connectivity index (χ0v) is 16.0. The number of carbonyl (C=O) groups excluding carboxylic acids is 1. The van der Waals surface area contributed by atoms with Crippen LogP contribution in [0.3, 0.4) is 0 Å². The number of hydrogen-bond donors (Lipinski definition) is 1. The van der Waals surface area contributed by atoms with E-state index >= 15 is 0 Å². The zero-order valence-electron chi connectivity index (χ0n) is 16.0. The highest BCUT2D eigenvalue weighted by molar-refractivity contribution is 5.82. The van der Waals surface area contributed by atoms with Gasteiger partial charge in [0.2, 0.25) is 0 Å². The summed E-state index contributed by atoms with van der Waals surface area (Å²) in [4.78, 5) is 15.4. The summed E-state index contributed by atoms with van der Waals surface area (Å²) in [6, 6.07) is 8.88. The summed E-state index contributed by atoms with van der Waals surface area (Å²) in [5, 5.41) is 3.53. The minimum atomic E-state index is -0.368. The first-order chi connectivity index (χ1) is 12.5. The van der Waals surface area contributed by atoms with Gasteiger partial charge in [-0.05, 0) is 30.4 Å². The summed E-state index contributed by atoms with van der Waals surface area (Å²) in [7, 11) is 0. The molecule has 3 aliphatic heterocycles. The molecule has 5 heteroatoms. The van der Waals surface area contributed by atoms with Gasteiger partial charge in [0.1, 0.15) is 6.10 Å². The van der Waals surface area contributed by atoms with Gasteiger partial charge in [0.25, 0.3) is 5.91 Å². The molecule has 0 spiro atoms. The van der Waals surface area contributed by atoms with Gasteiger partial charge in [-0.15, -0.1) is 0 Å². The smallest absolute Gasteiger partial charge is 0.252 e. The maximum Gasteiger partial charge on any atom is 0.252 e. The van der Waals surface area contributed by atoms with Gasteiger partial charge in [0, 0.05) is 25.6 Å². The Morgan fingerprint density at radius 3 is 2.92 bits per heavy atom. The van der Waals surface area contributed by atoms with Crippen LogP contribution < -0.4 is 5.32 Å². The minimum absolute atomic E-state index is 0.0609. The van der Waals surface area contributed by atoms with E-state index < -0.39 is 0 Å². The Labute approximate surface area is 156 Å². The van der Waals surface area contributed by atoms with E-state index in [9.17, 15) is 4.79 Å². The SMILES string of the molecule is CC(C)[C@H]1c2ccccc2CCN1C(=O)[C@H]1C[C@@H]2NC[C@@H](C)O[C@H]2CO1. The van der Waals surface area contributed by atoms with Crippen LogP contribution in [-0.2, 0) is 20.7 Å². The van der Waals surface area contributed by atoms with Gasteiger partial charge < -0.3 is 19.7 Å². The molecule has 5 nitrogen and oxygen atoms in total. The van der Waals surface area contributed by atoms with Crippen LogP contribution in [0, 0.1) is 5.92 Å². The third kappa shape index (κ3) is 3.28. The van der Waals surface area contributed by atoms with Crippen LogP contribution in [0.4, 0.5) is 0 Å². The van der Waals surface area contributed by atoms with E-state index in [4.69, 9.17) is 9.47 Å². The number of hydrogen-bond acceptors (Lipinski definition) is 4. The second-order valence-electron chi connectivity index (χ2n) is 8.23. The van der Waals surface area contributed by atoms with Gasteiger partial charge >= 0.3 is 0 Å². The molecule has 0 unspecified atom stereocenters. The average Bonchev–Trinajstić information content (AvgIpc) is 2.65. The fourth-order valence-corrected chi connectivity index (χ4v) is 4.71. The molecule has 1 N–H and O–H groups in total. The molecule has 1 aromatic rings. The number of morpholine rings is 1. The lowest BCUT2D eigenvalue weighted by Gasteiger charge is -2.45. The Bertz CT molecular complexity index is 662. The highest BCUT2D eigenvalue weighted by Crippen LogP contribution is 2.36. The van der Waals surface area contributed by atoms with Crippen molar-refractivity contribution in [2.45, 2.75) is 64.0 Å². The molecule has 0 aliphatic carbocycles. The van der Waals surface area contributed by atoms with Crippen molar-refractivity contribution in [2.75, 3.05) is 19.7 Å². The Morgan fingerprint density at radius 1 is 1.31 bits per heavy atom. The highest BCUT2D eigenvalue weighted by atomic mass is 16.6. The molecule has 2 saturated heterocycles. The number of benzene rings is 1. The van der Waals surface area contributed by atoms with Gasteiger partial charge in [-0.25, -0.2) is 0 Å². The molecule has 4 rings (SSSR count). The largest absolute Gasteiger partial charge is 0.370 e. The number of ether oxygens (including phenoxy) is 2. The van der Waals surface area contributed by atoms with Gasteiger partial charge in [-0.3, -0.25) is 4.79 Å². The lowest BCUT2D eigenvalue weighted by atomic mass is 9.85. The third-order valence-corrected chi connectivity index (χ3v) is 5.97. The standard InChI is InChI=1S/C21H30N2O3/c1-13(2)20-16-7-5-4-6-15(16)8-9-23(20)21(24)18-10-17-19(12-25-18)26-14(3)11-22-17/h4-7,13-14,17-20,22H,8-12H2,1-3H3/t14-,17+,18-,19+,20+/m1/s1. The summed E-state index contributed by atoms with van der Waals surface area (Å²) in [6.07, 6.45) is 1.51. The summed E-state index contributed by atoms with van der Waals surface area (Å²) in [6.45, 7) is 8.57. The molecule has 3 heterocycles. The van der Waals surface area contributed by atoms with Crippen LogP contribution >= 0.6 is 0 Å². The number of amides is 1. The predicted molar refractivity (Wildman–Crippen MR) is 99.9 cm³/mol. The first-order valence-electron chi connectivity index (χ1n) is 9.93. The summed E-state index contributed by atoms with van der Waals surface area (Å²) < 4.78 is 11.9. The van der Waals surface area contributed by atoms with Crippen molar-refractivity contribution < 1.29 is 14.3 Å². The molecule has 3 aliphatic rings. The number of carbonyl (C=O) groups is 1. The summed E-state index contributed by atoms with van der Waals surface area (Å²) in [5.74, 6) is 0.505. The molecular weight excluding hydrogens is 328 g/mol. The van der Waals surface area contributed by atoms with Crippen molar-refractivity contribution in [1.82, 2.24) is 10.2 Å². The topological polar surface area (TPSA) is 50.8 Å². The fourth-order valence-electron chi connectivity index (χ4n) is 4.71.